The zero-order valence-electron chi connectivity index (χ0n) is 15.4. The molecule has 0 saturated heterocycles. The lowest BCUT2D eigenvalue weighted by molar-refractivity contribution is 0.207. The van der Waals surface area contributed by atoms with Gasteiger partial charge in [0.15, 0.2) is 4.77 Å². The quantitative estimate of drug-likeness (QED) is 0.672. The molecule has 0 aliphatic carbocycles. The van der Waals surface area contributed by atoms with Gasteiger partial charge in [0, 0.05) is 12.6 Å². The summed E-state index contributed by atoms with van der Waals surface area (Å²) in [6.45, 7) is 5.41. The van der Waals surface area contributed by atoms with Crippen LogP contribution < -0.4 is 10.9 Å². The maximum Gasteiger partial charge on any atom is 0.258 e. The van der Waals surface area contributed by atoms with Gasteiger partial charge in [-0.25, -0.2) is 0 Å². The molecule has 4 rings (SSSR count). The van der Waals surface area contributed by atoms with Gasteiger partial charge in [0.2, 0.25) is 0 Å². The Hall–Kier alpha value is -2.70. The van der Waals surface area contributed by atoms with Gasteiger partial charge in [0.05, 0.1) is 17.9 Å². The van der Waals surface area contributed by atoms with Crippen LogP contribution in [-0.4, -0.2) is 21.1 Å². The maximum atomic E-state index is 12.6. The number of rotatable bonds is 3. The highest BCUT2D eigenvalue weighted by molar-refractivity contribution is 7.71. The summed E-state index contributed by atoms with van der Waals surface area (Å²) in [6, 6.07) is 18.6. The van der Waals surface area contributed by atoms with E-state index in [0.717, 1.165) is 17.1 Å². The van der Waals surface area contributed by atoms with Crippen LogP contribution in [0.5, 0.6) is 0 Å². The molecule has 1 aliphatic heterocycles. The Morgan fingerprint density at radius 2 is 1.89 bits per heavy atom. The Morgan fingerprint density at radius 3 is 2.63 bits per heavy atom. The second kappa shape index (κ2) is 7.13. The number of aromatic nitrogens is 2. The van der Waals surface area contributed by atoms with Crippen LogP contribution in [0.25, 0.3) is 5.69 Å². The molecule has 2 N–H and O–H groups in total. The van der Waals surface area contributed by atoms with Crippen LogP contribution in [0.3, 0.4) is 0 Å². The lowest BCUT2D eigenvalue weighted by Crippen LogP contribution is -2.40. The predicted molar refractivity (Wildman–Crippen MR) is 111 cm³/mol. The molecule has 1 aromatic heterocycles. The van der Waals surface area contributed by atoms with Gasteiger partial charge in [-0.1, -0.05) is 42.5 Å². The first-order valence-corrected chi connectivity index (χ1v) is 9.43. The number of benzene rings is 2. The van der Waals surface area contributed by atoms with E-state index in [2.05, 4.69) is 40.3 Å². The summed E-state index contributed by atoms with van der Waals surface area (Å²) in [5.74, 6) is 0.783. The molecule has 0 unspecified atom stereocenters. The number of aromatic amines is 1. The predicted octanol–water partition coefficient (Wildman–Crippen LogP) is 4.15. The minimum absolute atomic E-state index is 0.128. The molecule has 0 fully saturated rings. The van der Waals surface area contributed by atoms with E-state index in [-0.39, 0.29) is 11.6 Å². The average Bonchev–Trinajstić information content (AvgIpc) is 2.68. The summed E-state index contributed by atoms with van der Waals surface area (Å²) in [4.78, 5) is 17.7. The second-order valence-electron chi connectivity index (χ2n) is 6.93. The van der Waals surface area contributed by atoms with Gasteiger partial charge >= 0.3 is 0 Å². The lowest BCUT2D eigenvalue weighted by Gasteiger charge is -2.35. The third-order valence-corrected chi connectivity index (χ3v) is 5.39. The van der Waals surface area contributed by atoms with Gasteiger partial charge in [-0.05, 0) is 49.3 Å². The van der Waals surface area contributed by atoms with Crippen LogP contribution in [0.1, 0.15) is 29.7 Å². The minimum atomic E-state index is -0.128. The van der Waals surface area contributed by atoms with Crippen LogP contribution >= 0.6 is 12.2 Å². The van der Waals surface area contributed by atoms with Gasteiger partial charge in [0.1, 0.15) is 5.82 Å². The van der Waals surface area contributed by atoms with Crippen molar-refractivity contribution >= 4 is 18.0 Å². The van der Waals surface area contributed by atoms with E-state index in [1.165, 1.54) is 5.56 Å². The minimum Gasteiger partial charge on any atom is -0.358 e. The molecule has 1 atom stereocenters. The van der Waals surface area contributed by atoms with Crippen LogP contribution in [0.2, 0.25) is 0 Å². The molecule has 2 heterocycles. The van der Waals surface area contributed by atoms with Crippen LogP contribution in [0.4, 0.5) is 5.82 Å². The van der Waals surface area contributed by atoms with Gasteiger partial charge in [-0.3, -0.25) is 19.2 Å². The molecular formula is C21H22N4OS. The molecule has 138 valence electrons. The average molecular weight is 379 g/mol. The molecular weight excluding hydrogens is 356 g/mol. The van der Waals surface area contributed by atoms with E-state index in [9.17, 15) is 4.79 Å². The van der Waals surface area contributed by atoms with Crippen molar-refractivity contribution in [3.63, 3.8) is 0 Å². The number of nitrogens with zero attached hydrogens (tertiary/aromatic N) is 2. The van der Waals surface area contributed by atoms with Crippen molar-refractivity contribution in [3.05, 3.63) is 86.4 Å². The zero-order chi connectivity index (χ0) is 19.0. The SMILES string of the molecule is Cc1cccc(-n2c3c(c(=O)[nH]c2=S)CN([C@H](C)c2ccccc2)CN3)c1. The number of fused-ring (bicyclic) bond motifs is 1. The first-order valence-electron chi connectivity index (χ1n) is 9.02. The Balaban J connectivity index is 1.76. The van der Waals surface area contributed by atoms with Crippen LogP contribution in [0.15, 0.2) is 59.4 Å². The van der Waals surface area contributed by atoms with Crippen molar-refractivity contribution in [3.8, 4) is 5.69 Å². The van der Waals surface area contributed by atoms with Crippen molar-refractivity contribution in [1.82, 2.24) is 14.5 Å². The zero-order valence-corrected chi connectivity index (χ0v) is 16.2. The van der Waals surface area contributed by atoms with Gasteiger partial charge in [0.25, 0.3) is 5.56 Å². The number of hydrogen-bond acceptors (Lipinski definition) is 4. The summed E-state index contributed by atoms with van der Waals surface area (Å²) >= 11 is 5.46. The van der Waals surface area contributed by atoms with Crippen molar-refractivity contribution in [2.75, 3.05) is 12.0 Å². The highest BCUT2D eigenvalue weighted by Gasteiger charge is 2.26. The summed E-state index contributed by atoms with van der Waals surface area (Å²) in [5, 5.41) is 3.43. The summed E-state index contributed by atoms with van der Waals surface area (Å²) < 4.78 is 2.32. The second-order valence-corrected chi connectivity index (χ2v) is 7.32. The van der Waals surface area contributed by atoms with Crippen molar-refractivity contribution in [2.24, 2.45) is 0 Å². The monoisotopic (exact) mass is 378 g/mol. The fourth-order valence-corrected chi connectivity index (χ4v) is 3.86. The van der Waals surface area contributed by atoms with Crippen LogP contribution in [-0.2, 0) is 6.54 Å². The fourth-order valence-electron chi connectivity index (χ4n) is 3.57. The number of anilines is 1. The Morgan fingerprint density at radius 1 is 1.11 bits per heavy atom. The van der Waals surface area contributed by atoms with E-state index in [4.69, 9.17) is 12.2 Å². The first-order chi connectivity index (χ1) is 13.0. The van der Waals surface area contributed by atoms with E-state index in [1.54, 1.807) is 0 Å². The van der Waals surface area contributed by atoms with Crippen molar-refractivity contribution in [1.29, 1.82) is 0 Å². The lowest BCUT2D eigenvalue weighted by atomic mass is 10.1. The van der Waals surface area contributed by atoms with E-state index in [1.807, 2.05) is 47.9 Å². The van der Waals surface area contributed by atoms with Gasteiger partial charge in [-0.2, -0.15) is 0 Å². The standard InChI is InChI=1S/C21H22N4OS/c1-14-7-6-10-17(11-14)25-19-18(20(26)23-21(25)27)12-24(13-22-19)15(2)16-8-4-3-5-9-16/h3-11,15,22H,12-13H2,1-2H3,(H,23,26,27)/t15-/m1/s1. The van der Waals surface area contributed by atoms with E-state index in [0.29, 0.717) is 23.5 Å². The number of aryl methyl sites for hydroxylation is 1. The summed E-state index contributed by atoms with van der Waals surface area (Å²) in [7, 11) is 0. The number of hydrogen-bond donors (Lipinski definition) is 2. The highest BCUT2D eigenvalue weighted by Crippen LogP contribution is 2.28. The Bertz CT molecular complexity index is 1090. The normalized spacial score (nSPS) is 15.0. The molecule has 6 heteroatoms. The Labute approximate surface area is 163 Å². The molecule has 0 spiro atoms. The van der Waals surface area contributed by atoms with Gasteiger partial charge < -0.3 is 5.32 Å². The molecule has 0 radical (unpaired) electrons. The fraction of sp³-hybridized carbons (Fsp3) is 0.238. The summed E-state index contributed by atoms with van der Waals surface area (Å²) in [6.07, 6.45) is 0. The third-order valence-electron chi connectivity index (χ3n) is 5.11. The third kappa shape index (κ3) is 3.34. The smallest absolute Gasteiger partial charge is 0.258 e. The topological polar surface area (TPSA) is 53.1 Å². The van der Waals surface area contributed by atoms with Crippen molar-refractivity contribution < 1.29 is 0 Å². The van der Waals surface area contributed by atoms with E-state index >= 15 is 0 Å². The molecule has 2 aromatic carbocycles. The molecule has 0 amide bonds. The molecule has 5 nitrogen and oxygen atoms in total. The largest absolute Gasteiger partial charge is 0.358 e. The molecule has 0 saturated carbocycles. The van der Waals surface area contributed by atoms with Crippen LogP contribution in [0, 0.1) is 11.7 Å². The first kappa shape index (κ1) is 17.7. The molecule has 0 bridgehead atoms. The number of H-pyrrole nitrogens is 1. The van der Waals surface area contributed by atoms with E-state index < -0.39 is 0 Å². The maximum absolute atomic E-state index is 12.6. The molecule has 27 heavy (non-hydrogen) atoms. The summed E-state index contributed by atoms with van der Waals surface area (Å²) in [5.41, 5.74) is 3.90. The van der Waals surface area contributed by atoms with Gasteiger partial charge in [-0.15, -0.1) is 0 Å². The number of nitrogens with one attached hydrogen (secondary N) is 2. The van der Waals surface area contributed by atoms with Crippen molar-refractivity contribution in [2.45, 2.75) is 26.4 Å². The molecule has 1 aliphatic rings. The Kier molecular flexibility index (Phi) is 4.68. The highest BCUT2D eigenvalue weighted by atomic mass is 32.1. The molecule has 3 aromatic rings.